The number of carbonyl (C=O) groups is 1. The first-order valence-electron chi connectivity index (χ1n) is 5.00. The molecule has 0 saturated carbocycles. The molecule has 0 unspecified atom stereocenters. The topological polar surface area (TPSA) is 46.5 Å². The number of carboxylic acid groups (broad SMARTS) is 1. The van der Waals surface area contributed by atoms with Crippen LogP contribution in [0.2, 0.25) is 0 Å². The van der Waals surface area contributed by atoms with Gasteiger partial charge in [0.25, 0.3) is 0 Å². The minimum absolute atomic E-state index is 0.160. The van der Waals surface area contributed by atoms with E-state index in [1.54, 1.807) is 11.8 Å². The summed E-state index contributed by atoms with van der Waals surface area (Å²) in [5.41, 5.74) is 0. The zero-order valence-electron chi connectivity index (χ0n) is 9.68. The van der Waals surface area contributed by atoms with Gasteiger partial charge < -0.3 is 9.84 Å². The average molecular weight is 242 g/mol. The summed E-state index contributed by atoms with van der Waals surface area (Å²) in [6.07, 6.45) is 4.79. The standard InChI is InChI=1S/C10H12O3.C2H6S/c11-10(12)7-4-8-13-9-5-2-1-3-6-9;1-3-2/h1-3,5-6H,4,7-8H2,(H,11,12);1-2H3. The Balaban J connectivity index is 0.000000673. The van der Waals surface area contributed by atoms with Gasteiger partial charge in [-0.05, 0) is 31.1 Å². The van der Waals surface area contributed by atoms with Gasteiger partial charge in [-0.2, -0.15) is 11.8 Å². The van der Waals surface area contributed by atoms with Crippen LogP contribution in [0.5, 0.6) is 5.75 Å². The molecule has 1 rings (SSSR count). The van der Waals surface area contributed by atoms with Crippen LogP contribution in [0.4, 0.5) is 0 Å². The van der Waals surface area contributed by atoms with E-state index in [0.717, 1.165) is 5.75 Å². The van der Waals surface area contributed by atoms with E-state index in [9.17, 15) is 4.79 Å². The Morgan fingerprint density at radius 2 is 1.88 bits per heavy atom. The number of aliphatic carboxylic acids is 1. The van der Waals surface area contributed by atoms with Gasteiger partial charge in [0.15, 0.2) is 0 Å². The molecule has 4 heteroatoms. The highest BCUT2D eigenvalue weighted by Crippen LogP contribution is 2.08. The van der Waals surface area contributed by atoms with Crippen molar-refractivity contribution in [2.45, 2.75) is 12.8 Å². The Labute approximate surface area is 101 Å². The van der Waals surface area contributed by atoms with Crippen molar-refractivity contribution in [1.82, 2.24) is 0 Å². The minimum Gasteiger partial charge on any atom is -0.494 e. The molecule has 1 aromatic rings. The van der Waals surface area contributed by atoms with Crippen molar-refractivity contribution in [3.05, 3.63) is 30.3 Å². The first kappa shape index (κ1) is 14.8. The largest absolute Gasteiger partial charge is 0.494 e. The van der Waals surface area contributed by atoms with Gasteiger partial charge in [-0.1, -0.05) is 18.2 Å². The molecule has 0 radical (unpaired) electrons. The molecule has 90 valence electrons. The molecule has 0 spiro atoms. The molecule has 0 saturated heterocycles. The number of hydrogen-bond donors (Lipinski definition) is 1. The maximum atomic E-state index is 10.2. The van der Waals surface area contributed by atoms with Crippen LogP contribution >= 0.6 is 11.8 Å². The third-order valence-electron chi connectivity index (χ3n) is 1.55. The lowest BCUT2D eigenvalue weighted by atomic mass is 10.3. The summed E-state index contributed by atoms with van der Waals surface area (Å²) < 4.78 is 5.29. The summed E-state index contributed by atoms with van der Waals surface area (Å²) in [7, 11) is 0. The molecule has 16 heavy (non-hydrogen) atoms. The number of carboxylic acids is 1. The van der Waals surface area contributed by atoms with Crippen LogP contribution in [0, 0.1) is 0 Å². The maximum Gasteiger partial charge on any atom is 0.303 e. The molecule has 1 N–H and O–H groups in total. The Kier molecular flexibility index (Phi) is 9.61. The molecule has 0 aliphatic rings. The Hall–Kier alpha value is -1.16. The molecule has 0 aliphatic heterocycles. The van der Waals surface area contributed by atoms with E-state index in [1.165, 1.54) is 0 Å². The molecule has 0 heterocycles. The molecular formula is C12H18O3S. The summed E-state index contributed by atoms with van der Waals surface area (Å²) in [6, 6.07) is 9.37. The van der Waals surface area contributed by atoms with Crippen LogP contribution in [0.3, 0.4) is 0 Å². The number of ether oxygens (including phenoxy) is 1. The highest BCUT2D eigenvalue weighted by atomic mass is 32.2. The lowest BCUT2D eigenvalue weighted by Gasteiger charge is -2.03. The van der Waals surface area contributed by atoms with E-state index in [0.29, 0.717) is 13.0 Å². The number of rotatable bonds is 5. The van der Waals surface area contributed by atoms with Crippen molar-refractivity contribution in [2.24, 2.45) is 0 Å². The van der Waals surface area contributed by atoms with Gasteiger partial charge in [0.05, 0.1) is 6.61 Å². The molecule has 0 atom stereocenters. The van der Waals surface area contributed by atoms with E-state index < -0.39 is 5.97 Å². The van der Waals surface area contributed by atoms with Crippen LogP contribution in [-0.4, -0.2) is 30.2 Å². The fourth-order valence-electron chi connectivity index (χ4n) is 0.930. The van der Waals surface area contributed by atoms with Crippen LogP contribution < -0.4 is 4.74 Å². The first-order valence-corrected chi connectivity index (χ1v) is 6.63. The highest BCUT2D eigenvalue weighted by Gasteiger charge is 1.96. The second-order valence-corrected chi connectivity index (χ2v) is 3.88. The molecular weight excluding hydrogens is 224 g/mol. The zero-order chi connectivity index (χ0) is 12.2. The van der Waals surface area contributed by atoms with Crippen molar-refractivity contribution >= 4 is 17.7 Å². The van der Waals surface area contributed by atoms with Gasteiger partial charge in [-0.25, -0.2) is 0 Å². The van der Waals surface area contributed by atoms with Gasteiger partial charge in [0.2, 0.25) is 0 Å². The molecule has 0 bridgehead atoms. The van der Waals surface area contributed by atoms with E-state index in [1.807, 2.05) is 42.8 Å². The smallest absolute Gasteiger partial charge is 0.303 e. The molecule has 0 aromatic heterocycles. The summed E-state index contributed by atoms with van der Waals surface area (Å²) in [5.74, 6) is 0.00421. The Morgan fingerprint density at radius 3 is 2.38 bits per heavy atom. The van der Waals surface area contributed by atoms with Gasteiger partial charge in [0, 0.05) is 6.42 Å². The summed E-state index contributed by atoms with van der Waals surface area (Å²) in [6.45, 7) is 0.455. The van der Waals surface area contributed by atoms with Gasteiger partial charge in [0.1, 0.15) is 5.75 Å². The van der Waals surface area contributed by atoms with Crippen LogP contribution in [0.15, 0.2) is 30.3 Å². The van der Waals surface area contributed by atoms with Crippen LogP contribution in [-0.2, 0) is 4.79 Å². The van der Waals surface area contributed by atoms with Crippen LogP contribution in [0.1, 0.15) is 12.8 Å². The van der Waals surface area contributed by atoms with E-state index in [2.05, 4.69) is 0 Å². The Morgan fingerprint density at radius 1 is 1.31 bits per heavy atom. The van der Waals surface area contributed by atoms with Crippen molar-refractivity contribution in [3.63, 3.8) is 0 Å². The maximum absolute atomic E-state index is 10.2. The second-order valence-electron chi connectivity index (χ2n) is 3.07. The molecule has 3 nitrogen and oxygen atoms in total. The summed E-state index contributed by atoms with van der Waals surface area (Å²) in [4.78, 5) is 10.2. The minimum atomic E-state index is -0.781. The predicted octanol–water partition coefficient (Wildman–Crippen LogP) is 2.91. The summed E-state index contributed by atoms with van der Waals surface area (Å²) >= 11 is 1.75. The third kappa shape index (κ3) is 9.40. The quantitative estimate of drug-likeness (QED) is 0.806. The van der Waals surface area contributed by atoms with E-state index in [4.69, 9.17) is 9.84 Å². The fourth-order valence-corrected chi connectivity index (χ4v) is 0.930. The second kappa shape index (κ2) is 10.4. The van der Waals surface area contributed by atoms with Crippen LogP contribution in [0.25, 0.3) is 0 Å². The Bertz CT molecular complexity index is 275. The van der Waals surface area contributed by atoms with E-state index >= 15 is 0 Å². The van der Waals surface area contributed by atoms with E-state index in [-0.39, 0.29) is 6.42 Å². The van der Waals surface area contributed by atoms with Crippen molar-refractivity contribution in [1.29, 1.82) is 0 Å². The molecule has 1 aromatic carbocycles. The van der Waals surface area contributed by atoms with Crippen molar-refractivity contribution in [3.8, 4) is 5.75 Å². The molecule has 0 amide bonds. The number of benzene rings is 1. The van der Waals surface area contributed by atoms with Crippen molar-refractivity contribution in [2.75, 3.05) is 19.1 Å². The lowest BCUT2D eigenvalue weighted by molar-refractivity contribution is -0.137. The monoisotopic (exact) mass is 242 g/mol. The fraction of sp³-hybridized carbons (Fsp3) is 0.417. The number of thioether (sulfide) groups is 1. The average Bonchev–Trinajstić information content (AvgIpc) is 2.27. The number of hydrogen-bond acceptors (Lipinski definition) is 3. The number of para-hydroxylation sites is 1. The highest BCUT2D eigenvalue weighted by molar-refractivity contribution is 7.97. The molecule has 0 fully saturated rings. The summed E-state index contributed by atoms with van der Waals surface area (Å²) in [5, 5.41) is 8.36. The van der Waals surface area contributed by atoms with Gasteiger partial charge in [-0.15, -0.1) is 0 Å². The SMILES string of the molecule is CSC.O=C(O)CCCOc1ccccc1. The lowest BCUT2D eigenvalue weighted by Crippen LogP contribution is -2.01. The molecule has 0 aliphatic carbocycles. The normalized spacial score (nSPS) is 8.88. The third-order valence-corrected chi connectivity index (χ3v) is 1.55. The van der Waals surface area contributed by atoms with Gasteiger partial charge >= 0.3 is 5.97 Å². The van der Waals surface area contributed by atoms with Crippen molar-refractivity contribution < 1.29 is 14.6 Å². The van der Waals surface area contributed by atoms with Gasteiger partial charge in [-0.3, -0.25) is 4.79 Å². The predicted molar refractivity (Wildman–Crippen MR) is 68.2 cm³/mol. The first-order chi connectivity index (χ1) is 7.70. The zero-order valence-corrected chi connectivity index (χ0v) is 10.5.